The molecule has 0 radical (unpaired) electrons. The fourth-order valence-electron chi connectivity index (χ4n) is 2.00. The zero-order valence-electron chi connectivity index (χ0n) is 11.2. The highest BCUT2D eigenvalue weighted by molar-refractivity contribution is 5.97. The third kappa shape index (κ3) is 2.99. The van der Waals surface area contributed by atoms with Crippen LogP contribution in [0.3, 0.4) is 0 Å². The Hall–Kier alpha value is -2.30. The van der Waals surface area contributed by atoms with Gasteiger partial charge >= 0.3 is 5.97 Å². The molecule has 0 N–H and O–H groups in total. The molecule has 20 heavy (non-hydrogen) atoms. The summed E-state index contributed by atoms with van der Waals surface area (Å²) in [6, 6.07) is 7.67. The molecule has 0 aliphatic carbocycles. The van der Waals surface area contributed by atoms with E-state index in [9.17, 15) is 14.0 Å². The maximum Gasteiger partial charge on any atom is 0.316 e. The Morgan fingerprint density at radius 2 is 2.05 bits per heavy atom. The van der Waals surface area contributed by atoms with Crippen LogP contribution in [-0.4, -0.2) is 23.8 Å². The number of carbonyl (C=O) groups excluding carboxylic acids is 2. The molecule has 1 aromatic carbocycles. The van der Waals surface area contributed by atoms with Crippen molar-refractivity contribution in [2.75, 3.05) is 7.11 Å². The minimum atomic E-state index is -0.856. The fourth-order valence-corrected chi connectivity index (χ4v) is 2.00. The van der Waals surface area contributed by atoms with Gasteiger partial charge in [0.15, 0.2) is 0 Å². The van der Waals surface area contributed by atoms with E-state index in [4.69, 9.17) is 0 Å². The topological polar surface area (TPSA) is 56.3 Å². The van der Waals surface area contributed by atoms with Gasteiger partial charge in [0, 0.05) is 17.5 Å². The van der Waals surface area contributed by atoms with Crippen molar-refractivity contribution in [2.45, 2.75) is 13.3 Å². The smallest absolute Gasteiger partial charge is 0.316 e. The lowest BCUT2D eigenvalue weighted by atomic mass is 9.98. The van der Waals surface area contributed by atoms with Gasteiger partial charge in [-0.3, -0.25) is 14.6 Å². The number of ether oxygens (including phenoxy) is 1. The summed E-state index contributed by atoms with van der Waals surface area (Å²) in [6.45, 7) is 1.35. The van der Waals surface area contributed by atoms with Gasteiger partial charge < -0.3 is 4.74 Å². The Bertz CT molecular complexity index is 669. The number of nitrogens with zero attached hydrogens (tertiary/aromatic N) is 1. The van der Waals surface area contributed by atoms with Crippen LogP contribution in [-0.2, 0) is 20.7 Å². The molecule has 2 rings (SSSR count). The molecule has 1 atom stereocenters. The number of benzene rings is 1. The Kier molecular flexibility index (Phi) is 4.08. The predicted octanol–water partition coefficient (Wildman–Crippen LogP) is 2.29. The average Bonchev–Trinajstić information content (AvgIpc) is 2.43. The number of halogens is 1. The highest BCUT2D eigenvalue weighted by Crippen LogP contribution is 2.17. The third-order valence-corrected chi connectivity index (χ3v) is 3.10. The zero-order valence-corrected chi connectivity index (χ0v) is 11.2. The normalized spacial score (nSPS) is 12.2. The summed E-state index contributed by atoms with van der Waals surface area (Å²) in [5, 5.41) is 0.672. The van der Waals surface area contributed by atoms with Gasteiger partial charge in [0.25, 0.3) is 0 Å². The number of ketones is 1. The molecule has 1 unspecified atom stereocenters. The van der Waals surface area contributed by atoms with E-state index in [0.717, 1.165) is 0 Å². The van der Waals surface area contributed by atoms with Crippen LogP contribution in [0.1, 0.15) is 12.6 Å². The summed E-state index contributed by atoms with van der Waals surface area (Å²) in [5.41, 5.74) is 1.21. The number of hydrogen-bond donors (Lipinski definition) is 0. The molecule has 0 fully saturated rings. The monoisotopic (exact) mass is 275 g/mol. The van der Waals surface area contributed by atoms with Crippen LogP contribution >= 0.6 is 0 Å². The summed E-state index contributed by atoms with van der Waals surface area (Å²) >= 11 is 0. The Labute approximate surface area is 115 Å². The van der Waals surface area contributed by atoms with Gasteiger partial charge in [0.2, 0.25) is 0 Å². The van der Waals surface area contributed by atoms with E-state index < -0.39 is 11.9 Å². The lowest BCUT2D eigenvalue weighted by molar-refractivity contribution is -0.148. The van der Waals surface area contributed by atoms with Crippen molar-refractivity contribution < 1.29 is 18.7 Å². The van der Waals surface area contributed by atoms with Gasteiger partial charge in [-0.05, 0) is 31.2 Å². The summed E-state index contributed by atoms with van der Waals surface area (Å²) in [5.74, 6) is -2.02. The van der Waals surface area contributed by atoms with Gasteiger partial charge in [0.1, 0.15) is 17.5 Å². The van der Waals surface area contributed by atoms with Gasteiger partial charge in [-0.1, -0.05) is 6.07 Å². The molecule has 4 nitrogen and oxygen atoms in total. The molecule has 104 valence electrons. The van der Waals surface area contributed by atoms with Crippen molar-refractivity contribution in [2.24, 2.45) is 5.92 Å². The number of carbonyl (C=O) groups is 2. The molecule has 0 spiro atoms. The lowest BCUT2D eigenvalue weighted by Crippen LogP contribution is -2.25. The number of rotatable bonds is 4. The van der Waals surface area contributed by atoms with Crippen LogP contribution in [0.2, 0.25) is 0 Å². The molecule has 0 saturated carbocycles. The fraction of sp³-hybridized carbons (Fsp3) is 0.267. The molecule has 5 heteroatoms. The van der Waals surface area contributed by atoms with Gasteiger partial charge in [0.05, 0.1) is 12.6 Å². The summed E-state index contributed by atoms with van der Waals surface area (Å²) < 4.78 is 17.7. The van der Waals surface area contributed by atoms with Crippen LogP contribution in [0.25, 0.3) is 10.9 Å². The summed E-state index contributed by atoms with van der Waals surface area (Å²) in [4.78, 5) is 27.4. The van der Waals surface area contributed by atoms with Crippen LogP contribution in [0.4, 0.5) is 4.39 Å². The van der Waals surface area contributed by atoms with Crippen molar-refractivity contribution in [3.63, 3.8) is 0 Å². The summed E-state index contributed by atoms with van der Waals surface area (Å²) in [6.07, 6.45) is 0.176. The zero-order chi connectivity index (χ0) is 14.7. The van der Waals surface area contributed by atoms with E-state index in [1.54, 1.807) is 18.2 Å². The first-order valence-corrected chi connectivity index (χ1v) is 6.14. The molecular weight excluding hydrogens is 261 g/mol. The first kappa shape index (κ1) is 14.1. The number of hydrogen-bond acceptors (Lipinski definition) is 4. The summed E-state index contributed by atoms with van der Waals surface area (Å²) in [7, 11) is 1.24. The third-order valence-electron chi connectivity index (χ3n) is 3.10. The van der Waals surface area contributed by atoms with Crippen molar-refractivity contribution in [3.8, 4) is 0 Å². The van der Waals surface area contributed by atoms with Crippen molar-refractivity contribution in [1.82, 2.24) is 4.98 Å². The predicted molar refractivity (Wildman–Crippen MR) is 71.6 cm³/mol. The molecule has 0 aliphatic rings. The molecule has 0 saturated heterocycles. The van der Waals surface area contributed by atoms with Crippen LogP contribution in [0, 0.1) is 11.7 Å². The highest BCUT2D eigenvalue weighted by atomic mass is 19.1. The molecule has 0 aliphatic heterocycles. The van der Waals surface area contributed by atoms with E-state index in [1.165, 1.54) is 26.2 Å². The second kappa shape index (κ2) is 5.77. The van der Waals surface area contributed by atoms with Gasteiger partial charge in [-0.2, -0.15) is 0 Å². The van der Waals surface area contributed by atoms with Crippen molar-refractivity contribution in [1.29, 1.82) is 0 Å². The molecule has 2 aromatic rings. The second-order valence-corrected chi connectivity index (χ2v) is 4.53. The average molecular weight is 275 g/mol. The minimum Gasteiger partial charge on any atom is -0.468 e. The van der Waals surface area contributed by atoms with E-state index in [-0.39, 0.29) is 18.0 Å². The van der Waals surface area contributed by atoms with Crippen LogP contribution < -0.4 is 0 Å². The maximum atomic E-state index is 13.1. The Balaban J connectivity index is 2.31. The molecule has 0 amide bonds. The molecular formula is C15H14FNO3. The molecule has 0 bridgehead atoms. The van der Waals surface area contributed by atoms with Gasteiger partial charge in [-0.25, -0.2) is 4.39 Å². The second-order valence-electron chi connectivity index (χ2n) is 4.53. The number of fused-ring (bicyclic) bond motifs is 1. The number of pyridine rings is 1. The Morgan fingerprint density at radius 3 is 2.70 bits per heavy atom. The minimum absolute atomic E-state index is 0.176. The Morgan fingerprint density at radius 1 is 1.30 bits per heavy atom. The SMILES string of the molecule is COC(=O)C(Cc1ccc2cc(F)ccc2n1)C(C)=O. The van der Waals surface area contributed by atoms with Gasteiger partial charge in [-0.15, -0.1) is 0 Å². The van der Waals surface area contributed by atoms with E-state index in [1.807, 2.05) is 0 Å². The quantitative estimate of drug-likeness (QED) is 0.634. The van der Waals surface area contributed by atoms with Crippen LogP contribution in [0.5, 0.6) is 0 Å². The lowest BCUT2D eigenvalue weighted by Gasteiger charge is -2.11. The number of methoxy groups -OCH3 is 1. The highest BCUT2D eigenvalue weighted by Gasteiger charge is 2.25. The molecule has 1 aromatic heterocycles. The number of esters is 1. The maximum absolute atomic E-state index is 13.1. The van der Waals surface area contributed by atoms with Crippen LogP contribution in [0.15, 0.2) is 30.3 Å². The van der Waals surface area contributed by atoms with Crippen molar-refractivity contribution >= 4 is 22.7 Å². The largest absolute Gasteiger partial charge is 0.468 e. The first-order chi connectivity index (χ1) is 9.51. The standard InChI is InChI=1S/C15H14FNO3/c1-9(18)13(15(19)20-2)8-12-5-3-10-7-11(16)4-6-14(10)17-12/h3-7,13H,8H2,1-2H3. The first-order valence-electron chi connectivity index (χ1n) is 6.14. The number of aromatic nitrogens is 1. The van der Waals surface area contributed by atoms with E-state index in [2.05, 4.69) is 9.72 Å². The number of Topliss-reactive ketones (excluding diaryl/α,β-unsaturated/α-hetero) is 1. The van der Waals surface area contributed by atoms with E-state index >= 15 is 0 Å². The van der Waals surface area contributed by atoms with E-state index in [0.29, 0.717) is 16.6 Å². The van der Waals surface area contributed by atoms with Crippen molar-refractivity contribution in [3.05, 3.63) is 41.8 Å². The molecule has 1 heterocycles.